The Bertz CT molecular complexity index is 954. The van der Waals surface area contributed by atoms with Crippen LogP contribution < -0.4 is 4.90 Å². The number of amides is 1. The third kappa shape index (κ3) is 5.17. The molecule has 31 heavy (non-hydrogen) atoms. The highest BCUT2D eigenvalue weighted by molar-refractivity contribution is 6.02. The van der Waals surface area contributed by atoms with Crippen molar-refractivity contribution in [3.63, 3.8) is 0 Å². The zero-order valence-electron chi connectivity index (χ0n) is 17.6. The van der Waals surface area contributed by atoms with Crippen LogP contribution in [-0.2, 0) is 19.1 Å². The minimum atomic E-state index is -0.886. The highest BCUT2D eigenvalue weighted by atomic mass is 16.5. The van der Waals surface area contributed by atoms with E-state index in [-0.39, 0.29) is 31.3 Å². The van der Waals surface area contributed by atoms with E-state index in [2.05, 4.69) is 0 Å². The molecule has 1 aliphatic heterocycles. The Morgan fingerprint density at radius 3 is 2.29 bits per heavy atom. The summed E-state index contributed by atoms with van der Waals surface area (Å²) in [4.78, 5) is 51.0. The predicted molar refractivity (Wildman–Crippen MR) is 114 cm³/mol. The lowest BCUT2D eigenvalue weighted by Gasteiger charge is -2.19. The van der Waals surface area contributed by atoms with Crippen LogP contribution in [0.3, 0.4) is 0 Å². The number of ketones is 1. The van der Waals surface area contributed by atoms with Crippen molar-refractivity contribution in [1.29, 1.82) is 0 Å². The van der Waals surface area contributed by atoms with Gasteiger partial charge in [0, 0.05) is 24.2 Å². The van der Waals surface area contributed by atoms with Crippen LogP contribution in [0.2, 0.25) is 0 Å². The molecule has 0 spiro atoms. The van der Waals surface area contributed by atoms with Gasteiger partial charge in [-0.25, -0.2) is 4.79 Å². The van der Waals surface area contributed by atoms with Gasteiger partial charge in [-0.2, -0.15) is 0 Å². The number of ether oxygens (including phenoxy) is 2. The van der Waals surface area contributed by atoms with Crippen LogP contribution >= 0.6 is 0 Å². The normalized spacial score (nSPS) is 16.6. The fourth-order valence-corrected chi connectivity index (χ4v) is 3.45. The molecule has 0 N–H and O–H groups in total. The largest absolute Gasteiger partial charge is 0.462 e. The van der Waals surface area contributed by atoms with Crippen LogP contribution in [0.25, 0.3) is 0 Å². The maximum absolute atomic E-state index is 12.7. The zero-order chi connectivity index (χ0) is 22.4. The van der Waals surface area contributed by atoms with E-state index in [0.717, 1.165) is 0 Å². The summed E-state index contributed by atoms with van der Waals surface area (Å²) in [7, 11) is 0. The molecule has 0 aliphatic carbocycles. The van der Waals surface area contributed by atoms with Crippen molar-refractivity contribution in [3.8, 4) is 0 Å². The van der Waals surface area contributed by atoms with E-state index in [1.165, 1.54) is 4.90 Å². The molecule has 2 unspecified atom stereocenters. The fourth-order valence-electron chi connectivity index (χ4n) is 3.45. The quantitative estimate of drug-likeness (QED) is 0.477. The maximum atomic E-state index is 12.7. The number of esters is 2. The van der Waals surface area contributed by atoms with Gasteiger partial charge >= 0.3 is 11.9 Å². The van der Waals surface area contributed by atoms with Gasteiger partial charge in [0.25, 0.3) is 0 Å². The van der Waals surface area contributed by atoms with Crippen LogP contribution in [0, 0.1) is 5.92 Å². The first-order valence-corrected chi connectivity index (χ1v) is 10.3. The second-order valence-corrected chi connectivity index (χ2v) is 7.24. The molecular weight excluding hydrogens is 398 g/mol. The number of anilines is 1. The van der Waals surface area contributed by atoms with E-state index in [9.17, 15) is 19.2 Å². The minimum absolute atomic E-state index is 0.00836. The van der Waals surface area contributed by atoms with Crippen molar-refractivity contribution in [2.75, 3.05) is 18.1 Å². The van der Waals surface area contributed by atoms with Gasteiger partial charge < -0.3 is 14.4 Å². The lowest BCUT2D eigenvalue weighted by molar-refractivity contribution is -0.151. The van der Waals surface area contributed by atoms with Gasteiger partial charge in [-0.15, -0.1) is 0 Å². The first-order chi connectivity index (χ1) is 14.9. The van der Waals surface area contributed by atoms with Gasteiger partial charge in [0.2, 0.25) is 11.7 Å². The lowest BCUT2D eigenvalue weighted by Crippen LogP contribution is -2.31. The second kappa shape index (κ2) is 10.0. The number of Topliss-reactive ketones (excluding diaryl/α,β-unsaturated/α-hetero) is 1. The molecule has 1 fully saturated rings. The molecule has 3 rings (SSSR count). The summed E-state index contributed by atoms with van der Waals surface area (Å²) in [6, 6.07) is 15.1. The van der Waals surface area contributed by atoms with Crippen LogP contribution in [0.15, 0.2) is 54.6 Å². The molecule has 2 aromatic rings. The molecule has 1 aliphatic rings. The van der Waals surface area contributed by atoms with E-state index in [1.54, 1.807) is 62.4 Å². The van der Waals surface area contributed by atoms with E-state index in [1.807, 2.05) is 6.07 Å². The molecule has 1 amide bonds. The SMILES string of the molecule is CCOC(=O)c1ccc(N2CC(C(=O)OC(CC)C(=O)c3ccccc3)CC2=O)cc1. The number of hydrogen-bond acceptors (Lipinski definition) is 6. The summed E-state index contributed by atoms with van der Waals surface area (Å²) >= 11 is 0. The van der Waals surface area contributed by atoms with Crippen LogP contribution in [0.5, 0.6) is 0 Å². The molecule has 0 aromatic heterocycles. The van der Waals surface area contributed by atoms with Crippen molar-refractivity contribution < 1.29 is 28.7 Å². The Kier molecular flexibility index (Phi) is 7.18. The number of rotatable bonds is 8. The van der Waals surface area contributed by atoms with Crippen molar-refractivity contribution >= 4 is 29.3 Å². The third-order valence-electron chi connectivity index (χ3n) is 5.13. The van der Waals surface area contributed by atoms with Gasteiger partial charge in [0.15, 0.2) is 6.10 Å². The molecular formula is C24H25NO6. The van der Waals surface area contributed by atoms with Crippen molar-refractivity contribution in [2.45, 2.75) is 32.8 Å². The number of nitrogens with zero attached hydrogens (tertiary/aromatic N) is 1. The number of carbonyl (C=O) groups is 4. The molecule has 162 valence electrons. The van der Waals surface area contributed by atoms with Crippen LogP contribution in [0.1, 0.15) is 47.4 Å². The van der Waals surface area contributed by atoms with E-state index in [0.29, 0.717) is 23.2 Å². The van der Waals surface area contributed by atoms with Crippen molar-refractivity contribution in [3.05, 3.63) is 65.7 Å². The molecule has 2 aromatic carbocycles. The van der Waals surface area contributed by atoms with Gasteiger partial charge in [0.05, 0.1) is 18.1 Å². The van der Waals surface area contributed by atoms with Crippen molar-refractivity contribution in [2.24, 2.45) is 5.92 Å². The molecule has 2 atom stereocenters. The first-order valence-electron chi connectivity index (χ1n) is 10.3. The summed E-state index contributed by atoms with van der Waals surface area (Å²) in [6.45, 7) is 3.94. The zero-order valence-corrected chi connectivity index (χ0v) is 17.6. The van der Waals surface area contributed by atoms with Gasteiger partial charge in [-0.05, 0) is 37.6 Å². The predicted octanol–water partition coefficient (Wildman–Crippen LogP) is 3.42. The molecule has 7 nitrogen and oxygen atoms in total. The topological polar surface area (TPSA) is 90.0 Å². The monoisotopic (exact) mass is 423 g/mol. The van der Waals surface area contributed by atoms with Gasteiger partial charge in [0.1, 0.15) is 0 Å². The first kappa shape index (κ1) is 22.2. The Morgan fingerprint density at radius 2 is 1.68 bits per heavy atom. The lowest BCUT2D eigenvalue weighted by atomic mass is 10.0. The van der Waals surface area contributed by atoms with E-state index >= 15 is 0 Å². The Hall–Kier alpha value is -3.48. The molecule has 7 heteroatoms. The minimum Gasteiger partial charge on any atom is -0.462 e. The highest BCUT2D eigenvalue weighted by Gasteiger charge is 2.37. The molecule has 1 heterocycles. The summed E-state index contributed by atoms with van der Waals surface area (Å²) in [6.07, 6.45) is -0.531. The average Bonchev–Trinajstić information content (AvgIpc) is 3.19. The summed E-state index contributed by atoms with van der Waals surface area (Å²) in [5.41, 5.74) is 1.45. The van der Waals surface area contributed by atoms with Gasteiger partial charge in [-0.3, -0.25) is 14.4 Å². The number of hydrogen-bond donors (Lipinski definition) is 0. The number of carbonyl (C=O) groups excluding carboxylic acids is 4. The molecule has 1 saturated heterocycles. The van der Waals surface area contributed by atoms with Crippen LogP contribution in [-0.4, -0.2) is 42.9 Å². The summed E-state index contributed by atoms with van der Waals surface area (Å²) in [5.74, 6) is -2.12. The smallest absolute Gasteiger partial charge is 0.338 e. The average molecular weight is 423 g/mol. The Labute approximate surface area is 180 Å². The Morgan fingerprint density at radius 1 is 1.00 bits per heavy atom. The molecule has 0 saturated carbocycles. The Balaban J connectivity index is 1.64. The van der Waals surface area contributed by atoms with Gasteiger partial charge in [-0.1, -0.05) is 37.3 Å². The number of benzene rings is 2. The van der Waals surface area contributed by atoms with Crippen LogP contribution in [0.4, 0.5) is 5.69 Å². The molecule has 0 bridgehead atoms. The second-order valence-electron chi connectivity index (χ2n) is 7.24. The van der Waals surface area contributed by atoms with E-state index in [4.69, 9.17) is 9.47 Å². The maximum Gasteiger partial charge on any atom is 0.338 e. The standard InChI is InChI=1S/C24H25NO6/c1-3-20(22(27)16-8-6-5-7-9-16)31-24(29)18-14-21(26)25(15-18)19-12-10-17(11-13-19)23(28)30-4-2/h5-13,18,20H,3-4,14-15H2,1-2H3. The van der Waals surface area contributed by atoms with Crippen molar-refractivity contribution in [1.82, 2.24) is 0 Å². The molecule has 0 radical (unpaired) electrons. The highest BCUT2D eigenvalue weighted by Crippen LogP contribution is 2.27. The summed E-state index contributed by atoms with van der Waals surface area (Å²) < 4.78 is 10.4. The summed E-state index contributed by atoms with van der Waals surface area (Å²) in [5, 5.41) is 0. The fraction of sp³-hybridized carbons (Fsp3) is 0.333. The van der Waals surface area contributed by atoms with E-state index < -0.39 is 24.0 Å². The third-order valence-corrected chi connectivity index (χ3v) is 5.13.